The maximum atomic E-state index is 14.2. The zero-order chi connectivity index (χ0) is 32.4. The van der Waals surface area contributed by atoms with Gasteiger partial charge in [-0.25, -0.2) is 14.8 Å². The van der Waals surface area contributed by atoms with E-state index in [2.05, 4.69) is 25.9 Å². The molecule has 0 saturated carbocycles. The molecule has 5 aromatic rings. The van der Waals surface area contributed by atoms with Crippen LogP contribution in [-0.2, 0) is 9.53 Å². The van der Waals surface area contributed by atoms with Crippen molar-refractivity contribution in [2.75, 3.05) is 13.2 Å². The molecule has 1 N–H and O–H groups in total. The van der Waals surface area contributed by atoms with E-state index in [4.69, 9.17) is 18.9 Å². The van der Waals surface area contributed by atoms with Crippen molar-refractivity contribution < 1.29 is 18.7 Å². The number of hydrogen-bond donors (Lipinski definition) is 1. The molecule has 234 valence electrons. The molecular weight excluding hydrogens is 692 g/mol. The largest absolute Gasteiger partial charge is 0.494 e. The second kappa shape index (κ2) is 13.5. The van der Waals surface area contributed by atoms with Crippen molar-refractivity contribution in [1.29, 1.82) is 0 Å². The maximum Gasteiger partial charge on any atom is 0.338 e. The van der Waals surface area contributed by atoms with Crippen molar-refractivity contribution >= 4 is 56.8 Å². The number of esters is 1. The summed E-state index contributed by atoms with van der Waals surface area (Å²) in [6.45, 7) is 6.04. The molecule has 1 atom stereocenters. The van der Waals surface area contributed by atoms with Gasteiger partial charge in [-0.15, -0.1) is 0 Å². The number of aryl methyl sites for hydroxylation is 1. The Labute approximate surface area is 279 Å². The highest BCUT2D eigenvalue weighted by Gasteiger charge is 2.35. The van der Waals surface area contributed by atoms with Crippen molar-refractivity contribution in [1.82, 2.24) is 14.5 Å². The predicted octanol–water partition coefficient (Wildman–Crippen LogP) is 5.23. The number of carbonyl (C=O) groups excluding carboxylic acids is 1. The van der Waals surface area contributed by atoms with Gasteiger partial charge in [0.2, 0.25) is 0 Å². The molecule has 0 aliphatic carbocycles. The molecule has 10 nitrogen and oxygen atoms in total. The van der Waals surface area contributed by atoms with E-state index in [9.17, 15) is 14.4 Å². The number of rotatable bonds is 9. The van der Waals surface area contributed by atoms with Gasteiger partial charge in [0.25, 0.3) is 11.1 Å². The first-order valence-electron chi connectivity index (χ1n) is 14.3. The fraction of sp³-hybridized carbons (Fsp3) is 0.182. The van der Waals surface area contributed by atoms with Crippen LogP contribution in [0.15, 0.2) is 106 Å². The fourth-order valence-corrected chi connectivity index (χ4v) is 7.34. The summed E-state index contributed by atoms with van der Waals surface area (Å²) >= 11 is 5.85. The van der Waals surface area contributed by atoms with Crippen LogP contribution in [-0.4, -0.2) is 33.7 Å². The molecule has 2 aromatic carbocycles. The maximum absolute atomic E-state index is 14.2. The number of aromatic nitrogens is 3. The van der Waals surface area contributed by atoms with Crippen molar-refractivity contribution in [2.45, 2.75) is 37.1 Å². The Bertz CT molecular complexity index is 2200. The van der Waals surface area contributed by atoms with Gasteiger partial charge in [-0.3, -0.25) is 14.2 Å². The number of nitrogens with zero attached hydrogens (tertiary/aromatic N) is 3. The lowest BCUT2D eigenvalue weighted by Gasteiger charge is -2.26. The van der Waals surface area contributed by atoms with Crippen LogP contribution in [0.5, 0.6) is 5.75 Å². The van der Waals surface area contributed by atoms with E-state index in [0.29, 0.717) is 59.1 Å². The van der Waals surface area contributed by atoms with Crippen molar-refractivity contribution in [3.63, 3.8) is 0 Å². The second-order valence-electron chi connectivity index (χ2n) is 10.0. The molecule has 3 aromatic heterocycles. The Morgan fingerprint density at radius 1 is 1.11 bits per heavy atom. The van der Waals surface area contributed by atoms with Gasteiger partial charge in [-0.2, -0.15) is 0 Å². The molecular formula is C33H27BrN4O6S2. The van der Waals surface area contributed by atoms with Crippen molar-refractivity contribution in [3.8, 4) is 5.75 Å². The van der Waals surface area contributed by atoms with Gasteiger partial charge < -0.3 is 18.9 Å². The topological polar surface area (TPSA) is 129 Å². The third-order valence-corrected chi connectivity index (χ3v) is 9.58. The number of ether oxygens (including phenoxy) is 2. The van der Waals surface area contributed by atoms with E-state index < -0.39 is 12.0 Å². The van der Waals surface area contributed by atoms with Crippen LogP contribution < -0.4 is 25.2 Å². The van der Waals surface area contributed by atoms with Crippen molar-refractivity contribution in [3.05, 3.63) is 129 Å². The first kappa shape index (κ1) is 31.5. The number of H-pyrrole nitrogens is 1. The first-order valence-corrected chi connectivity index (χ1v) is 16.7. The van der Waals surface area contributed by atoms with Gasteiger partial charge in [-0.05, 0) is 72.2 Å². The minimum absolute atomic E-state index is 0.157. The average molecular weight is 720 g/mol. The lowest BCUT2D eigenvalue weighted by atomic mass is 9.93. The summed E-state index contributed by atoms with van der Waals surface area (Å²) < 4.78 is 19.7. The van der Waals surface area contributed by atoms with Crippen LogP contribution in [0, 0.1) is 6.92 Å². The average Bonchev–Trinajstić information content (AvgIpc) is 3.54. The molecule has 0 spiro atoms. The molecule has 0 unspecified atom stereocenters. The van der Waals surface area contributed by atoms with Crippen LogP contribution in [0.1, 0.15) is 42.5 Å². The van der Waals surface area contributed by atoms with Crippen LogP contribution in [0.25, 0.3) is 11.8 Å². The summed E-state index contributed by atoms with van der Waals surface area (Å²) in [7, 11) is 0. The van der Waals surface area contributed by atoms with Crippen molar-refractivity contribution in [2.24, 2.45) is 4.99 Å². The zero-order valence-corrected chi connectivity index (χ0v) is 28.1. The quantitative estimate of drug-likeness (QED) is 0.162. The van der Waals surface area contributed by atoms with E-state index in [1.54, 1.807) is 26.0 Å². The lowest BCUT2D eigenvalue weighted by molar-refractivity contribution is -0.138. The van der Waals surface area contributed by atoms with Crippen LogP contribution in [0.3, 0.4) is 0 Å². The predicted molar refractivity (Wildman–Crippen MR) is 179 cm³/mol. The van der Waals surface area contributed by atoms with Gasteiger partial charge >= 0.3 is 5.97 Å². The fourth-order valence-electron chi connectivity index (χ4n) is 5.00. The minimum atomic E-state index is -0.818. The summed E-state index contributed by atoms with van der Waals surface area (Å²) in [6, 6.07) is 19.0. The monoisotopic (exact) mass is 718 g/mol. The number of furan rings is 1. The Kier molecular flexibility index (Phi) is 9.24. The number of fused-ring (bicyclic) bond motifs is 1. The van der Waals surface area contributed by atoms with Gasteiger partial charge in [0.1, 0.15) is 11.5 Å². The number of nitrogens with one attached hydrogen (secondary N) is 1. The molecule has 1 aliphatic rings. The van der Waals surface area contributed by atoms with Crippen LogP contribution >= 0.6 is 39.0 Å². The zero-order valence-electron chi connectivity index (χ0n) is 24.9. The van der Waals surface area contributed by atoms with Gasteiger partial charge in [0.15, 0.2) is 15.1 Å². The highest BCUT2D eigenvalue weighted by molar-refractivity contribution is 9.10. The van der Waals surface area contributed by atoms with E-state index in [1.165, 1.54) is 22.0 Å². The highest BCUT2D eigenvalue weighted by Crippen LogP contribution is 2.36. The Morgan fingerprint density at radius 2 is 1.87 bits per heavy atom. The molecule has 1 aliphatic heterocycles. The van der Waals surface area contributed by atoms with Gasteiger partial charge in [0.05, 0.1) is 39.5 Å². The number of hydrogen-bond acceptors (Lipinski definition) is 10. The molecule has 0 radical (unpaired) electrons. The molecule has 6 rings (SSSR count). The SMILES string of the molecule is CCOC(=O)C1=C(c2ccccc2)N=c2s/c(=C\c3cc(Br)c(Sc4nc(C)cc(=O)[nH]4)o3)c(=O)n2[C@H]1c1ccc(OCC)cc1. The standard InChI is InChI=1S/C33H27BrN4O6S2/c1-4-42-21-13-11-20(12-14-21)28-26(30(41)43-5-2)27(19-9-7-6-8-10-19)37-33-38(28)29(40)24(45-33)17-22-16-23(34)31(44-22)46-32-35-18(3)15-25(39)36-32/h6-17,28H,4-5H2,1-3H3,(H,35,36,39)/b24-17-/t28-/m0/s1. The number of thiazole rings is 1. The lowest BCUT2D eigenvalue weighted by Crippen LogP contribution is -2.40. The molecule has 0 saturated heterocycles. The molecule has 13 heteroatoms. The smallest absolute Gasteiger partial charge is 0.338 e. The Morgan fingerprint density at radius 3 is 2.57 bits per heavy atom. The van der Waals surface area contributed by atoms with Crippen LogP contribution in [0.2, 0.25) is 0 Å². The number of halogens is 1. The second-order valence-corrected chi connectivity index (χ2v) is 12.8. The summed E-state index contributed by atoms with van der Waals surface area (Å²) in [6.07, 6.45) is 1.64. The van der Waals surface area contributed by atoms with E-state index >= 15 is 0 Å². The van der Waals surface area contributed by atoms with Gasteiger partial charge in [0, 0.05) is 23.4 Å². The highest BCUT2D eigenvalue weighted by atomic mass is 79.9. The van der Waals surface area contributed by atoms with E-state index in [1.807, 2.05) is 61.5 Å². The molecule has 0 fully saturated rings. The molecule has 0 bridgehead atoms. The van der Waals surface area contributed by atoms with E-state index in [0.717, 1.165) is 17.3 Å². The summed E-state index contributed by atoms with van der Waals surface area (Å²) in [5, 5.41) is 0.831. The summed E-state index contributed by atoms with van der Waals surface area (Å²) in [5.41, 5.74) is 2.08. The summed E-state index contributed by atoms with van der Waals surface area (Å²) in [4.78, 5) is 52.1. The normalized spacial score (nSPS) is 14.6. The Balaban J connectivity index is 1.51. The van der Waals surface area contributed by atoms with E-state index in [-0.39, 0.29) is 23.3 Å². The molecule has 46 heavy (non-hydrogen) atoms. The Hall–Kier alpha value is -4.46. The summed E-state index contributed by atoms with van der Waals surface area (Å²) in [5.74, 6) is 0.517. The van der Waals surface area contributed by atoms with Crippen LogP contribution in [0.4, 0.5) is 0 Å². The number of carbonyl (C=O) groups is 1. The number of aromatic amines is 1. The minimum Gasteiger partial charge on any atom is -0.494 e. The third-order valence-electron chi connectivity index (χ3n) is 6.87. The molecule has 4 heterocycles. The third kappa shape index (κ3) is 6.43. The molecule has 0 amide bonds. The van der Waals surface area contributed by atoms with Gasteiger partial charge in [-0.1, -0.05) is 53.8 Å². The number of benzene rings is 2. The first-order chi connectivity index (χ1) is 22.2.